The first kappa shape index (κ1) is 16.6. The van der Waals surface area contributed by atoms with E-state index in [1.807, 2.05) is 48.5 Å². The third-order valence-corrected chi connectivity index (χ3v) is 4.35. The molecule has 0 saturated carbocycles. The highest BCUT2D eigenvalue weighted by atomic mass is 32.2. The Balaban J connectivity index is 1.97. The number of hydrogen-bond acceptors (Lipinski definition) is 5. The van der Waals surface area contributed by atoms with Gasteiger partial charge in [0.15, 0.2) is 0 Å². The zero-order valence-electron chi connectivity index (χ0n) is 13.9. The highest BCUT2D eigenvalue weighted by Crippen LogP contribution is 2.29. The minimum atomic E-state index is 0.718. The fourth-order valence-electron chi connectivity index (χ4n) is 2.28. The van der Waals surface area contributed by atoms with Gasteiger partial charge in [-0.15, -0.1) is 10.2 Å². The topological polar surface area (TPSA) is 41.9 Å². The molecule has 2 aromatic carbocycles. The average Bonchev–Trinajstić information content (AvgIpc) is 2.63. The van der Waals surface area contributed by atoms with E-state index in [4.69, 9.17) is 4.98 Å². The molecule has 24 heavy (non-hydrogen) atoms. The summed E-state index contributed by atoms with van der Waals surface area (Å²) < 4.78 is 0. The number of aromatic nitrogens is 3. The van der Waals surface area contributed by atoms with Crippen molar-refractivity contribution in [1.82, 2.24) is 20.1 Å². The van der Waals surface area contributed by atoms with Crippen molar-refractivity contribution in [2.45, 2.75) is 5.16 Å². The second-order valence-corrected chi connectivity index (χ2v) is 6.74. The maximum absolute atomic E-state index is 4.79. The molecule has 3 aromatic rings. The first-order valence-corrected chi connectivity index (χ1v) is 8.85. The molecule has 4 nitrogen and oxygen atoms in total. The summed E-state index contributed by atoms with van der Waals surface area (Å²) in [6, 6.07) is 20.3. The van der Waals surface area contributed by atoms with Crippen molar-refractivity contribution in [3.63, 3.8) is 0 Å². The predicted molar refractivity (Wildman–Crippen MR) is 100.0 cm³/mol. The molecule has 1 aromatic heterocycles. The highest BCUT2D eigenvalue weighted by molar-refractivity contribution is 7.99. The molecule has 0 radical (unpaired) electrons. The van der Waals surface area contributed by atoms with Crippen LogP contribution in [0.2, 0.25) is 0 Å². The lowest BCUT2D eigenvalue weighted by atomic mass is 10.0. The maximum Gasteiger partial charge on any atom is 0.209 e. The van der Waals surface area contributed by atoms with Crippen molar-refractivity contribution in [3.8, 4) is 22.5 Å². The van der Waals surface area contributed by atoms with E-state index in [2.05, 4.69) is 41.3 Å². The average molecular weight is 336 g/mol. The Bertz CT molecular complexity index is 776. The number of rotatable bonds is 6. The monoisotopic (exact) mass is 336 g/mol. The summed E-state index contributed by atoms with van der Waals surface area (Å²) in [6.07, 6.45) is 0. The summed E-state index contributed by atoms with van der Waals surface area (Å²) in [4.78, 5) is 6.94. The summed E-state index contributed by atoms with van der Waals surface area (Å²) in [5.74, 6) is 0.938. The van der Waals surface area contributed by atoms with Gasteiger partial charge in [-0.2, -0.15) is 0 Å². The Labute approximate surface area is 147 Å². The van der Waals surface area contributed by atoms with Gasteiger partial charge in [-0.25, -0.2) is 4.98 Å². The van der Waals surface area contributed by atoms with Gasteiger partial charge in [-0.1, -0.05) is 72.4 Å². The van der Waals surface area contributed by atoms with Crippen LogP contribution in [0, 0.1) is 0 Å². The van der Waals surface area contributed by atoms with Gasteiger partial charge in [0.2, 0.25) is 5.16 Å². The number of benzene rings is 2. The van der Waals surface area contributed by atoms with E-state index < -0.39 is 0 Å². The fraction of sp³-hybridized carbons (Fsp3) is 0.211. The molecule has 0 atom stereocenters. The lowest BCUT2D eigenvalue weighted by molar-refractivity contribution is 0.437. The molecule has 0 unspecified atom stereocenters. The normalized spacial score (nSPS) is 11.0. The van der Waals surface area contributed by atoms with Gasteiger partial charge in [0.1, 0.15) is 11.4 Å². The smallest absolute Gasteiger partial charge is 0.209 e. The van der Waals surface area contributed by atoms with Gasteiger partial charge in [-0.05, 0) is 14.1 Å². The van der Waals surface area contributed by atoms with Gasteiger partial charge in [0.25, 0.3) is 0 Å². The van der Waals surface area contributed by atoms with Crippen LogP contribution in [-0.4, -0.2) is 46.5 Å². The second-order valence-electron chi connectivity index (χ2n) is 5.68. The Morgan fingerprint density at radius 2 is 1.38 bits per heavy atom. The number of nitrogens with zero attached hydrogens (tertiary/aromatic N) is 4. The van der Waals surface area contributed by atoms with Crippen LogP contribution in [0.5, 0.6) is 0 Å². The predicted octanol–water partition coefficient (Wildman–Crippen LogP) is 3.86. The molecule has 0 bridgehead atoms. The molecule has 0 fully saturated rings. The number of hydrogen-bond donors (Lipinski definition) is 0. The Morgan fingerprint density at radius 3 is 1.96 bits per heavy atom. The molecule has 0 spiro atoms. The van der Waals surface area contributed by atoms with Crippen molar-refractivity contribution in [2.75, 3.05) is 26.4 Å². The van der Waals surface area contributed by atoms with Crippen LogP contribution in [-0.2, 0) is 0 Å². The first-order chi connectivity index (χ1) is 11.7. The van der Waals surface area contributed by atoms with Crippen LogP contribution in [0.25, 0.3) is 22.5 Å². The zero-order valence-corrected chi connectivity index (χ0v) is 14.7. The van der Waals surface area contributed by atoms with Crippen LogP contribution < -0.4 is 0 Å². The third-order valence-electron chi connectivity index (χ3n) is 3.53. The second kappa shape index (κ2) is 8.04. The number of thioether (sulfide) groups is 1. The molecule has 0 N–H and O–H groups in total. The van der Waals surface area contributed by atoms with Crippen LogP contribution in [0.4, 0.5) is 0 Å². The lowest BCUT2D eigenvalue weighted by Crippen LogP contribution is -2.15. The van der Waals surface area contributed by atoms with Gasteiger partial charge in [0.05, 0.1) is 0 Å². The Kier molecular flexibility index (Phi) is 5.56. The summed E-state index contributed by atoms with van der Waals surface area (Å²) in [7, 11) is 4.13. The first-order valence-electron chi connectivity index (χ1n) is 7.87. The van der Waals surface area contributed by atoms with Gasteiger partial charge in [0, 0.05) is 23.4 Å². The SMILES string of the molecule is CN(C)CCSc1nnc(-c2ccccc2)c(-c2ccccc2)n1. The molecule has 0 aliphatic carbocycles. The van der Waals surface area contributed by atoms with Crippen molar-refractivity contribution >= 4 is 11.8 Å². The highest BCUT2D eigenvalue weighted by Gasteiger charge is 2.13. The molecular weight excluding hydrogens is 316 g/mol. The Hall–Kier alpha value is -2.24. The molecule has 1 heterocycles. The van der Waals surface area contributed by atoms with E-state index in [9.17, 15) is 0 Å². The standard InChI is InChI=1S/C19H20N4S/c1-23(2)13-14-24-19-20-17(15-9-5-3-6-10-15)18(21-22-19)16-11-7-4-8-12-16/h3-12H,13-14H2,1-2H3. The van der Waals surface area contributed by atoms with E-state index >= 15 is 0 Å². The summed E-state index contributed by atoms with van der Waals surface area (Å²) in [6.45, 7) is 0.981. The van der Waals surface area contributed by atoms with Crippen molar-refractivity contribution < 1.29 is 0 Å². The molecule has 3 rings (SSSR count). The molecule has 0 saturated heterocycles. The Morgan fingerprint density at radius 1 is 0.792 bits per heavy atom. The van der Waals surface area contributed by atoms with Crippen LogP contribution in [0.15, 0.2) is 65.8 Å². The van der Waals surface area contributed by atoms with Crippen LogP contribution in [0.3, 0.4) is 0 Å². The maximum atomic E-state index is 4.79. The van der Waals surface area contributed by atoms with Gasteiger partial charge in [-0.3, -0.25) is 0 Å². The third kappa shape index (κ3) is 4.19. The zero-order chi connectivity index (χ0) is 16.8. The van der Waals surface area contributed by atoms with E-state index in [0.717, 1.165) is 40.0 Å². The minimum Gasteiger partial charge on any atom is -0.309 e. The molecule has 0 aliphatic rings. The molecule has 122 valence electrons. The summed E-state index contributed by atoms with van der Waals surface area (Å²) in [5.41, 5.74) is 3.78. The summed E-state index contributed by atoms with van der Waals surface area (Å²) >= 11 is 1.64. The molecule has 0 aliphatic heterocycles. The minimum absolute atomic E-state index is 0.718. The molecule has 5 heteroatoms. The van der Waals surface area contributed by atoms with Crippen LogP contribution in [0.1, 0.15) is 0 Å². The quantitative estimate of drug-likeness (QED) is 0.639. The van der Waals surface area contributed by atoms with Crippen LogP contribution >= 0.6 is 11.8 Å². The van der Waals surface area contributed by atoms with Gasteiger partial charge < -0.3 is 4.90 Å². The van der Waals surface area contributed by atoms with E-state index in [1.54, 1.807) is 11.8 Å². The molecule has 0 amide bonds. The van der Waals surface area contributed by atoms with E-state index in [1.165, 1.54) is 0 Å². The largest absolute Gasteiger partial charge is 0.309 e. The van der Waals surface area contributed by atoms with E-state index in [0.29, 0.717) is 0 Å². The van der Waals surface area contributed by atoms with Crippen molar-refractivity contribution in [3.05, 3.63) is 60.7 Å². The lowest BCUT2D eigenvalue weighted by Gasteiger charge is -2.10. The fourth-order valence-corrected chi connectivity index (χ4v) is 3.17. The van der Waals surface area contributed by atoms with Crippen molar-refractivity contribution in [1.29, 1.82) is 0 Å². The van der Waals surface area contributed by atoms with Crippen molar-refractivity contribution in [2.24, 2.45) is 0 Å². The molecular formula is C19H20N4S. The van der Waals surface area contributed by atoms with Gasteiger partial charge >= 0.3 is 0 Å². The van der Waals surface area contributed by atoms with E-state index in [-0.39, 0.29) is 0 Å². The summed E-state index contributed by atoms with van der Waals surface area (Å²) in [5, 5.41) is 9.52.